The molecule has 0 aliphatic heterocycles. The number of aryl methyl sites for hydroxylation is 1. The molecule has 1 aromatic heterocycles. The van der Waals surface area contributed by atoms with Gasteiger partial charge in [-0.2, -0.15) is 0 Å². The van der Waals surface area contributed by atoms with Gasteiger partial charge in [0.05, 0.1) is 6.61 Å². The summed E-state index contributed by atoms with van der Waals surface area (Å²) in [5.41, 5.74) is 1.79. The van der Waals surface area contributed by atoms with Crippen molar-refractivity contribution in [1.29, 1.82) is 0 Å². The third-order valence-electron chi connectivity index (χ3n) is 2.82. The summed E-state index contributed by atoms with van der Waals surface area (Å²) in [4.78, 5) is 0. The van der Waals surface area contributed by atoms with Crippen LogP contribution in [0.3, 0.4) is 0 Å². The van der Waals surface area contributed by atoms with Gasteiger partial charge in [-0.25, -0.2) is 0 Å². The maximum absolute atomic E-state index is 9.29. The van der Waals surface area contributed by atoms with Crippen molar-refractivity contribution in [1.82, 2.24) is 0 Å². The van der Waals surface area contributed by atoms with Crippen LogP contribution in [0.2, 0.25) is 0 Å². The molecule has 0 fully saturated rings. The number of hydrogen-bond acceptors (Lipinski definition) is 2. The number of furan rings is 1. The first-order valence-electron chi connectivity index (χ1n) is 5.14. The molecule has 2 heteroatoms. The van der Waals surface area contributed by atoms with Gasteiger partial charge < -0.3 is 9.52 Å². The number of aliphatic hydroxyl groups is 1. The quantitative estimate of drug-likeness (QED) is 0.815. The fraction of sp³-hybridized carbons (Fsp3) is 0.385. The normalized spacial score (nSPS) is 12.3. The molecule has 2 nitrogen and oxygen atoms in total. The molecule has 0 aliphatic rings. The molecular weight excluding hydrogens is 188 g/mol. The van der Waals surface area contributed by atoms with Crippen LogP contribution in [0.4, 0.5) is 0 Å². The first-order valence-corrected chi connectivity index (χ1v) is 5.14. The Balaban J connectivity index is 2.55. The summed E-state index contributed by atoms with van der Waals surface area (Å²) in [6.45, 7) is 6.11. The first-order chi connectivity index (χ1) is 7.03. The Hall–Kier alpha value is -1.28. The molecule has 80 valence electrons. The first kappa shape index (κ1) is 10.2. The summed E-state index contributed by atoms with van der Waals surface area (Å²) in [7, 11) is 0. The van der Waals surface area contributed by atoms with Crippen LogP contribution in [0.5, 0.6) is 0 Å². The summed E-state index contributed by atoms with van der Waals surface area (Å²) < 4.78 is 5.57. The van der Waals surface area contributed by atoms with Crippen LogP contribution in [0.15, 0.2) is 28.7 Å². The zero-order valence-electron chi connectivity index (χ0n) is 9.37. The molecule has 0 radical (unpaired) electrons. The molecule has 0 saturated carbocycles. The molecule has 0 aliphatic carbocycles. The maximum atomic E-state index is 9.29. The van der Waals surface area contributed by atoms with Crippen LogP contribution >= 0.6 is 0 Å². The van der Waals surface area contributed by atoms with E-state index < -0.39 is 0 Å². The highest BCUT2D eigenvalue weighted by atomic mass is 16.3. The van der Waals surface area contributed by atoms with Crippen molar-refractivity contribution in [2.24, 2.45) is 0 Å². The fourth-order valence-corrected chi connectivity index (χ4v) is 1.68. The van der Waals surface area contributed by atoms with E-state index in [9.17, 15) is 5.11 Å². The molecule has 0 unspecified atom stereocenters. The minimum absolute atomic E-state index is 0.137. The van der Waals surface area contributed by atoms with Crippen LogP contribution in [0.25, 0.3) is 11.0 Å². The van der Waals surface area contributed by atoms with Crippen molar-refractivity contribution >= 4 is 11.0 Å². The van der Waals surface area contributed by atoms with Crippen molar-refractivity contribution in [3.63, 3.8) is 0 Å². The van der Waals surface area contributed by atoms with Crippen LogP contribution in [-0.4, -0.2) is 11.7 Å². The van der Waals surface area contributed by atoms with Crippen LogP contribution in [0, 0.1) is 6.92 Å². The van der Waals surface area contributed by atoms with Gasteiger partial charge in [0.15, 0.2) is 0 Å². The summed E-state index contributed by atoms with van der Waals surface area (Å²) in [5, 5.41) is 10.4. The number of rotatable bonds is 2. The molecule has 1 aromatic carbocycles. The van der Waals surface area contributed by atoms with Crippen LogP contribution < -0.4 is 0 Å². The van der Waals surface area contributed by atoms with Gasteiger partial charge in [0, 0.05) is 10.8 Å². The lowest BCUT2D eigenvalue weighted by atomic mass is 9.85. The predicted octanol–water partition coefficient (Wildman–Crippen LogP) is 3.01. The third-order valence-corrected chi connectivity index (χ3v) is 2.82. The van der Waals surface area contributed by atoms with Crippen molar-refractivity contribution in [3.8, 4) is 0 Å². The van der Waals surface area contributed by atoms with Crippen LogP contribution in [0.1, 0.15) is 25.2 Å². The van der Waals surface area contributed by atoms with Gasteiger partial charge in [-0.3, -0.25) is 0 Å². The minimum Gasteiger partial charge on any atom is -0.461 e. The summed E-state index contributed by atoms with van der Waals surface area (Å²) in [6, 6.07) is 8.12. The topological polar surface area (TPSA) is 33.4 Å². The largest absolute Gasteiger partial charge is 0.461 e. The van der Waals surface area contributed by atoms with Crippen molar-refractivity contribution in [3.05, 3.63) is 35.6 Å². The van der Waals surface area contributed by atoms with Gasteiger partial charge in [0.25, 0.3) is 0 Å². The summed E-state index contributed by atoms with van der Waals surface area (Å²) in [6.07, 6.45) is 0. The molecule has 0 atom stereocenters. The molecule has 0 amide bonds. The van der Waals surface area contributed by atoms with E-state index in [1.807, 2.05) is 45.0 Å². The Kier molecular flexibility index (Phi) is 2.31. The molecule has 15 heavy (non-hydrogen) atoms. The van der Waals surface area contributed by atoms with E-state index in [4.69, 9.17) is 4.42 Å². The smallest absolute Gasteiger partial charge is 0.134 e. The lowest BCUT2D eigenvalue weighted by Crippen LogP contribution is -2.21. The fourth-order valence-electron chi connectivity index (χ4n) is 1.68. The minimum atomic E-state index is -0.213. The Morgan fingerprint density at radius 1 is 1.27 bits per heavy atom. The number of hydrogen-bond donors (Lipinski definition) is 1. The van der Waals surface area contributed by atoms with Gasteiger partial charge in [-0.15, -0.1) is 0 Å². The molecule has 0 bridgehead atoms. The summed E-state index contributed by atoms with van der Waals surface area (Å²) >= 11 is 0. The van der Waals surface area contributed by atoms with Crippen molar-refractivity contribution in [2.45, 2.75) is 26.2 Å². The third kappa shape index (κ3) is 1.77. The van der Waals surface area contributed by atoms with Crippen molar-refractivity contribution < 1.29 is 9.52 Å². The van der Waals surface area contributed by atoms with E-state index in [0.717, 1.165) is 22.3 Å². The Morgan fingerprint density at radius 3 is 2.67 bits per heavy atom. The Bertz CT molecular complexity index is 480. The molecular formula is C13H16O2. The van der Waals surface area contributed by atoms with E-state index >= 15 is 0 Å². The average molecular weight is 204 g/mol. The zero-order chi connectivity index (χ0) is 11.1. The Labute approximate surface area is 89.5 Å². The van der Waals surface area contributed by atoms with Gasteiger partial charge in [-0.1, -0.05) is 26.0 Å². The molecule has 2 rings (SSSR count). The molecule has 1 heterocycles. The highest BCUT2D eigenvalue weighted by Crippen LogP contribution is 2.27. The van der Waals surface area contributed by atoms with E-state index in [0.29, 0.717) is 0 Å². The standard InChI is InChI=1S/C13H16O2/c1-9-6-10-4-5-11(7-12(10)15-9)13(2,3)8-14/h4-7,14H,8H2,1-3H3. The predicted molar refractivity (Wildman–Crippen MR) is 61.1 cm³/mol. The SMILES string of the molecule is Cc1cc2ccc(C(C)(C)CO)cc2o1. The van der Waals surface area contributed by atoms with E-state index in [-0.39, 0.29) is 12.0 Å². The number of aliphatic hydroxyl groups excluding tert-OH is 1. The monoisotopic (exact) mass is 204 g/mol. The van der Waals surface area contributed by atoms with Gasteiger partial charge in [0.1, 0.15) is 11.3 Å². The zero-order valence-corrected chi connectivity index (χ0v) is 9.37. The number of fused-ring (bicyclic) bond motifs is 1. The molecule has 0 spiro atoms. The average Bonchev–Trinajstić information content (AvgIpc) is 2.56. The van der Waals surface area contributed by atoms with Crippen LogP contribution in [-0.2, 0) is 5.41 Å². The van der Waals surface area contributed by atoms with E-state index in [2.05, 4.69) is 0 Å². The summed E-state index contributed by atoms with van der Waals surface area (Å²) in [5.74, 6) is 0.920. The molecule has 1 N–H and O–H groups in total. The second-order valence-corrected chi connectivity index (χ2v) is 4.65. The van der Waals surface area contributed by atoms with Crippen molar-refractivity contribution in [2.75, 3.05) is 6.61 Å². The van der Waals surface area contributed by atoms with E-state index in [1.54, 1.807) is 0 Å². The van der Waals surface area contributed by atoms with Gasteiger partial charge >= 0.3 is 0 Å². The van der Waals surface area contributed by atoms with Gasteiger partial charge in [0.2, 0.25) is 0 Å². The number of benzene rings is 1. The highest BCUT2D eigenvalue weighted by molar-refractivity contribution is 5.78. The maximum Gasteiger partial charge on any atom is 0.134 e. The molecule has 2 aromatic rings. The lowest BCUT2D eigenvalue weighted by molar-refractivity contribution is 0.218. The van der Waals surface area contributed by atoms with Gasteiger partial charge in [-0.05, 0) is 24.6 Å². The molecule has 0 saturated heterocycles. The lowest BCUT2D eigenvalue weighted by Gasteiger charge is -2.21. The highest BCUT2D eigenvalue weighted by Gasteiger charge is 2.19. The second kappa shape index (κ2) is 3.38. The van der Waals surface area contributed by atoms with E-state index in [1.165, 1.54) is 0 Å². The Morgan fingerprint density at radius 2 is 2.00 bits per heavy atom. The second-order valence-electron chi connectivity index (χ2n) is 4.65.